The third-order valence-electron chi connectivity index (χ3n) is 6.12. The average molecular weight is 605 g/mol. The SMILES string of the molecule is CC1=C(C#N)c2nc3cc(Cl)c(Cl)cc3n2C(=O)C1=NCc1cc(S(=O)(=O)O)c2cccc(S(=O)(=O)O)c2c1. The summed E-state index contributed by atoms with van der Waals surface area (Å²) in [6.07, 6.45) is 0. The Kier molecular flexibility index (Phi) is 6.38. The van der Waals surface area contributed by atoms with Crippen LogP contribution in [-0.4, -0.2) is 47.1 Å². The number of hydrogen-bond acceptors (Lipinski definition) is 8. The quantitative estimate of drug-likeness (QED) is 0.315. The number of carbonyl (C=O) groups is 1. The van der Waals surface area contributed by atoms with Crippen LogP contribution in [-0.2, 0) is 26.8 Å². The van der Waals surface area contributed by atoms with Gasteiger partial charge in [0.05, 0.1) is 27.6 Å². The summed E-state index contributed by atoms with van der Waals surface area (Å²) in [5.41, 5.74) is 0.823. The molecule has 1 aromatic heterocycles. The molecule has 198 valence electrons. The van der Waals surface area contributed by atoms with Gasteiger partial charge in [-0.2, -0.15) is 22.1 Å². The maximum Gasteiger partial charge on any atom is 0.295 e. The highest BCUT2D eigenvalue weighted by atomic mass is 35.5. The molecular formula is C24H14Cl2N4O7S2. The molecule has 0 unspecified atom stereocenters. The van der Waals surface area contributed by atoms with Crippen molar-refractivity contribution in [2.45, 2.75) is 23.3 Å². The van der Waals surface area contributed by atoms with Gasteiger partial charge < -0.3 is 0 Å². The molecule has 0 radical (unpaired) electrons. The van der Waals surface area contributed by atoms with E-state index in [1.54, 1.807) is 0 Å². The second-order valence-electron chi connectivity index (χ2n) is 8.50. The van der Waals surface area contributed by atoms with Gasteiger partial charge in [0.1, 0.15) is 27.1 Å². The molecule has 1 aliphatic heterocycles. The number of aliphatic imine (C=N–C) groups is 1. The first-order valence-electron chi connectivity index (χ1n) is 10.8. The molecule has 11 nitrogen and oxygen atoms in total. The Hall–Kier alpha value is -3.64. The van der Waals surface area contributed by atoms with Crippen LogP contribution in [0.15, 0.2) is 62.8 Å². The summed E-state index contributed by atoms with van der Waals surface area (Å²) < 4.78 is 68.7. The van der Waals surface area contributed by atoms with Crippen molar-refractivity contribution in [1.29, 1.82) is 5.26 Å². The molecule has 3 aromatic carbocycles. The minimum Gasteiger partial charge on any atom is -0.282 e. The highest BCUT2D eigenvalue weighted by Crippen LogP contribution is 2.34. The topological polar surface area (TPSA) is 180 Å². The number of allylic oxidation sites excluding steroid dienone is 2. The van der Waals surface area contributed by atoms with E-state index < -0.39 is 35.9 Å². The number of benzene rings is 3. The zero-order valence-corrected chi connectivity index (χ0v) is 22.7. The smallest absolute Gasteiger partial charge is 0.282 e. The van der Waals surface area contributed by atoms with E-state index in [0.29, 0.717) is 5.52 Å². The van der Waals surface area contributed by atoms with Gasteiger partial charge in [-0.05, 0) is 42.8 Å². The summed E-state index contributed by atoms with van der Waals surface area (Å²) >= 11 is 12.2. The third-order valence-corrected chi connectivity index (χ3v) is 8.65. The van der Waals surface area contributed by atoms with Gasteiger partial charge >= 0.3 is 0 Å². The molecule has 0 fully saturated rings. The lowest BCUT2D eigenvalue weighted by molar-refractivity contribution is 0.0992. The molecular weight excluding hydrogens is 591 g/mol. The van der Waals surface area contributed by atoms with Crippen molar-refractivity contribution in [3.05, 3.63) is 69.5 Å². The van der Waals surface area contributed by atoms with Crippen LogP contribution >= 0.6 is 23.2 Å². The van der Waals surface area contributed by atoms with Gasteiger partial charge in [0.25, 0.3) is 26.1 Å². The molecule has 0 amide bonds. The van der Waals surface area contributed by atoms with Crippen molar-refractivity contribution in [2.24, 2.45) is 4.99 Å². The molecule has 2 heterocycles. The summed E-state index contributed by atoms with van der Waals surface area (Å²) in [4.78, 5) is 21.0. The normalized spacial score (nSPS) is 15.3. The van der Waals surface area contributed by atoms with E-state index in [2.05, 4.69) is 9.98 Å². The number of hydrogen-bond donors (Lipinski definition) is 2. The number of aromatic nitrogens is 2. The van der Waals surface area contributed by atoms with Crippen LogP contribution in [0.3, 0.4) is 0 Å². The second kappa shape index (κ2) is 9.23. The van der Waals surface area contributed by atoms with Crippen LogP contribution in [0.1, 0.15) is 23.1 Å². The Balaban J connectivity index is 1.70. The predicted octanol–water partition coefficient (Wildman–Crippen LogP) is 4.58. The molecule has 0 saturated carbocycles. The van der Waals surface area contributed by atoms with Crippen LogP contribution in [0, 0.1) is 11.3 Å². The van der Waals surface area contributed by atoms with Crippen LogP contribution in [0.25, 0.3) is 27.4 Å². The van der Waals surface area contributed by atoms with Crippen molar-refractivity contribution >= 4 is 82.4 Å². The van der Waals surface area contributed by atoms with E-state index in [4.69, 9.17) is 23.2 Å². The van der Waals surface area contributed by atoms with Crippen LogP contribution < -0.4 is 0 Å². The Morgan fingerprint density at radius 1 is 1.00 bits per heavy atom. The maximum atomic E-state index is 13.5. The van der Waals surface area contributed by atoms with Gasteiger partial charge in [-0.1, -0.05) is 35.3 Å². The summed E-state index contributed by atoms with van der Waals surface area (Å²) in [7, 11) is -9.60. The number of imidazole rings is 1. The van der Waals surface area contributed by atoms with Gasteiger partial charge in [0, 0.05) is 16.3 Å². The zero-order chi connectivity index (χ0) is 28.4. The fourth-order valence-corrected chi connectivity index (χ4v) is 6.17. The Labute approximate surface area is 231 Å². The van der Waals surface area contributed by atoms with Crippen LogP contribution in [0.4, 0.5) is 0 Å². The molecule has 0 saturated heterocycles. The van der Waals surface area contributed by atoms with E-state index >= 15 is 0 Å². The fourth-order valence-electron chi connectivity index (χ4n) is 4.40. The number of rotatable bonds is 4. The Morgan fingerprint density at radius 2 is 1.67 bits per heavy atom. The van der Waals surface area contributed by atoms with Gasteiger partial charge in [0.15, 0.2) is 5.82 Å². The first-order chi connectivity index (χ1) is 18.2. The molecule has 15 heteroatoms. The van der Waals surface area contributed by atoms with E-state index in [9.17, 15) is 36.0 Å². The largest absolute Gasteiger partial charge is 0.295 e. The zero-order valence-electron chi connectivity index (χ0n) is 19.5. The number of fused-ring (bicyclic) bond motifs is 4. The summed E-state index contributed by atoms with van der Waals surface area (Å²) in [5, 5.41) is 9.86. The molecule has 0 bridgehead atoms. The molecule has 0 spiro atoms. The summed E-state index contributed by atoms with van der Waals surface area (Å²) in [6, 6.07) is 10.8. The fraction of sp³-hybridized carbons (Fsp3) is 0.0833. The first kappa shape index (κ1) is 26.9. The minimum atomic E-state index is -4.84. The van der Waals surface area contributed by atoms with Crippen molar-refractivity contribution in [1.82, 2.24) is 9.55 Å². The van der Waals surface area contributed by atoms with E-state index in [-0.39, 0.29) is 61.1 Å². The van der Waals surface area contributed by atoms with Gasteiger partial charge in [-0.15, -0.1) is 0 Å². The number of halogens is 2. The molecule has 4 aromatic rings. The molecule has 5 rings (SSSR count). The average Bonchev–Trinajstić information content (AvgIpc) is 3.20. The monoisotopic (exact) mass is 604 g/mol. The standard InChI is InChI=1S/C24H14Cl2N4O7S2/c1-11-15(9-27)23-29-18-7-16(25)17(26)8-19(18)30(23)24(31)22(11)28-10-12-5-14-13(21(6-12)39(35,36)37)3-2-4-20(14)38(32,33)34/h2-8H,10H2,1H3,(H,32,33,34)(H,35,36,37). The van der Waals surface area contributed by atoms with E-state index in [1.165, 1.54) is 41.8 Å². The van der Waals surface area contributed by atoms with Crippen LogP contribution in [0.5, 0.6) is 0 Å². The van der Waals surface area contributed by atoms with Gasteiger partial charge in [-0.25, -0.2) is 4.98 Å². The van der Waals surface area contributed by atoms with E-state index in [1.807, 2.05) is 6.07 Å². The lowest BCUT2D eigenvalue weighted by atomic mass is 10.0. The van der Waals surface area contributed by atoms with Crippen molar-refractivity contribution in [3.63, 3.8) is 0 Å². The first-order valence-corrected chi connectivity index (χ1v) is 14.4. The maximum absolute atomic E-state index is 13.5. The van der Waals surface area contributed by atoms with Crippen LogP contribution in [0.2, 0.25) is 10.0 Å². The van der Waals surface area contributed by atoms with Crippen molar-refractivity contribution in [3.8, 4) is 6.07 Å². The highest BCUT2D eigenvalue weighted by Gasteiger charge is 2.32. The Bertz CT molecular complexity index is 2110. The lowest BCUT2D eigenvalue weighted by Gasteiger charge is -2.17. The highest BCUT2D eigenvalue weighted by molar-refractivity contribution is 7.86. The van der Waals surface area contributed by atoms with Gasteiger partial charge in [0.2, 0.25) is 0 Å². The minimum absolute atomic E-state index is 0.0580. The molecule has 0 atom stereocenters. The lowest BCUT2D eigenvalue weighted by Crippen LogP contribution is -2.29. The number of carbonyl (C=O) groups excluding carboxylic acids is 1. The Morgan fingerprint density at radius 3 is 2.31 bits per heavy atom. The van der Waals surface area contributed by atoms with Gasteiger partial charge in [-0.3, -0.25) is 23.5 Å². The number of nitriles is 1. The van der Waals surface area contributed by atoms with Crippen molar-refractivity contribution in [2.75, 3.05) is 0 Å². The summed E-state index contributed by atoms with van der Waals surface area (Å²) in [6.45, 7) is 1.14. The second-order valence-corrected chi connectivity index (χ2v) is 12.1. The van der Waals surface area contributed by atoms with Crippen molar-refractivity contribution < 1.29 is 30.7 Å². The predicted molar refractivity (Wildman–Crippen MR) is 143 cm³/mol. The molecule has 0 aliphatic carbocycles. The summed E-state index contributed by atoms with van der Waals surface area (Å²) in [5.74, 6) is -0.568. The molecule has 39 heavy (non-hydrogen) atoms. The third kappa shape index (κ3) is 4.51. The number of nitrogens with zero attached hydrogens (tertiary/aromatic N) is 4. The molecule has 2 N–H and O–H groups in total. The molecule has 1 aliphatic rings. The van der Waals surface area contributed by atoms with E-state index in [0.717, 1.165) is 12.1 Å².